The summed E-state index contributed by atoms with van der Waals surface area (Å²) < 4.78 is 11.3. The Kier molecular flexibility index (Phi) is 6.68. The van der Waals surface area contributed by atoms with E-state index in [4.69, 9.17) is 11.6 Å². The SMILES string of the molecule is CC(C#CCCCCl)OF. The molecule has 0 aromatic carbocycles. The quantitative estimate of drug-likeness (QED) is 0.353. The van der Waals surface area contributed by atoms with Crippen molar-refractivity contribution in [1.29, 1.82) is 0 Å². The Morgan fingerprint density at radius 3 is 2.90 bits per heavy atom. The van der Waals surface area contributed by atoms with Crippen LogP contribution in [0.15, 0.2) is 0 Å². The lowest BCUT2D eigenvalue weighted by atomic mass is 10.3. The van der Waals surface area contributed by atoms with Gasteiger partial charge in [0.25, 0.3) is 0 Å². The molecule has 0 spiro atoms. The molecule has 0 aromatic heterocycles. The van der Waals surface area contributed by atoms with Crippen LogP contribution in [0.25, 0.3) is 0 Å². The van der Waals surface area contributed by atoms with Crippen LogP contribution in [0, 0.1) is 11.8 Å². The van der Waals surface area contributed by atoms with Gasteiger partial charge in [0.05, 0.1) is 0 Å². The van der Waals surface area contributed by atoms with Crippen molar-refractivity contribution in [1.82, 2.24) is 0 Å². The van der Waals surface area contributed by atoms with E-state index in [-0.39, 0.29) is 0 Å². The minimum absolute atomic E-state index is 0.597. The lowest BCUT2D eigenvalue weighted by Gasteiger charge is -1.91. The highest BCUT2D eigenvalue weighted by Crippen LogP contribution is 1.91. The predicted molar refractivity (Wildman–Crippen MR) is 39.4 cm³/mol. The Bertz CT molecular complexity index is 127. The van der Waals surface area contributed by atoms with E-state index in [9.17, 15) is 4.53 Å². The third-order valence-electron chi connectivity index (χ3n) is 0.874. The molecule has 0 radical (unpaired) electrons. The van der Waals surface area contributed by atoms with Gasteiger partial charge in [-0.25, -0.2) is 0 Å². The fourth-order valence-electron chi connectivity index (χ4n) is 0.393. The van der Waals surface area contributed by atoms with Gasteiger partial charge in [-0.15, -0.1) is 17.5 Å². The Hall–Kier alpha value is -0.260. The molecule has 0 aliphatic rings. The number of unbranched alkanes of at least 4 members (excludes halogenated alkanes) is 1. The van der Waals surface area contributed by atoms with Crippen LogP contribution in [0.4, 0.5) is 4.53 Å². The molecule has 10 heavy (non-hydrogen) atoms. The maximum atomic E-state index is 11.3. The molecule has 0 N–H and O–H groups in total. The fourth-order valence-corrected chi connectivity index (χ4v) is 0.527. The smallest absolute Gasteiger partial charge is 0.156 e. The summed E-state index contributed by atoms with van der Waals surface area (Å²) in [5.41, 5.74) is 0. The molecule has 0 heterocycles. The van der Waals surface area contributed by atoms with Gasteiger partial charge in [0.1, 0.15) is 0 Å². The van der Waals surface area contributed by atoms with E-state index in [0.29, 0.717) is 12.3 Å². The Labute approximate surface area is 65.4 Å². The van der Waals surface area contributed by atoms with E-state index in [0.717, 1.165) is 6.42 Å². The van der Waals surface area contributed by atoms with Gasteiger partial charge in [-0.3, -0.25) is 0 Å². The second-order valence-electron chi connectivity index (χ2n) is 1.84. The van der Waals surface area contributed by atoms with Crippen LogP contribution in [0.1, 0.15) is 19.8 Å². The first-order chi connectivity index (χ1) is 4.81. The zero-order valence-corrected chi connectivity index (χ0v) is 6.62. The highest BCUT2D eigenvalue weighted by atomic mass is 35.5. The van der Waals surface area contributed by atoms with Gasteiger partial charge in [0, 0.05) is 12.3 Å². The van der Waals surface area contributed by atoms with E-state index < -0.39 is 6.10 Å². The number of alkyl halides is 1. The third-order valence-corrected chi connectivity index (χ3v) is 1.14. The largest absolute Gasteiger partial charge is 0.178 e. The number of halogens is 2. The van der Waals surface area contributed by atoms with Crippen LogP contribution in [0.3, 0.4) is 0 Å². The summed E-state index contributed by atoms with van der Waals surface area (Å²) in [7, 11) is 0. The average molecular weight is 165 g/mol. The first-order valence-corrected chi connectivity index (χ1v) is 3.66. The molecule has 3 heteroatoms. The first-order valence-electron chi connectivity index (χ1n) is 3.13. The monoisotopic (exact) mass is 164 g/mol. The van der Waals surface area contributed by atoms with Crippen LogP contribution in [-0.2, 0) is 4.94 Å². The zero-order chi connectivity index (χ0) is 7.82. The van der Waals surface area contributed by atoms with Crippen LogP contribution in [0.2, 0.25) is 0 Å². The lowest BCUT2D eigenvalue weighted by molar-refractivity contribution is -0.152. The Morgan fingerprint density at radius 2 is 2.40 bits per heavy atom. The van der Waals surface area contributed by atoms with Crippen molar-refractivity contribution in [2.45, 2.75) is 25.9 Å². The van der Waals surface area contributed by atoms with Gasteiger partial charge >= 0.3 is 0 Å². The highest BCUT2D eigenvalue weighted by molar-refractivity contribution is 6.17. The molecule has 0 aromatic rings. The van der Waals surface area contributed by atoms with Crippen molar-refractivity contribution < 1.29 is 9.47 Å². The van der Waals surface area contributed by atoms with E-state index in [1.54, 1.807) is 6.92 Å². The van der Waals surface area contributed by atoms with E-state index in [1.807, 2.05) is 0 Å². The summed E-state index contributed by atoms with van der Waals surface area (Å²) in [6.45, 7) is 1.55. The molecule has 0 amide bonds. The maximum absolute atomic E-state index is 11.3. The van der Waals surface area contributed by atoms with Crippen molar-refractivity contribution in [3.05, 3.63) is 0 Å². The van der Waals surface area contributed by atoms with Crippen molar-refractivity contribution in [2.75, 3.05) is 5.88 Å². The Morgan fingerprint density at radius 1 is 1.70 bits per heavy atom. The van der Waals surface area contributed by atoms with E-state index in [2.05, 4.69) is 16.8 Å². The molecule has 0 aliphatic heterocycles. The van der Waals surface area contributed by atoms with Gasteiger partial charge < -0.3 is 0 Å². The van der Waals surface area contributed by atoms with Crippen LogP contribution in [-0.4, -0.2) is 12.0 Å². The molecule has 0 fully saturated rings. The van der Waals surface area contributed by atoms with E-state index >= 15 is 0 Å². The van der Waals surface area contributed by atoms with Gasteiger partial charge in [-0.2, -0.15) is 4.94 Å². The standard InChI is InChI=1S/C7H10ClFO/c1-7(10-9)5-3-2-4-6-8/h7H,2,4,6H2,1H3. The van der Waals surface area contributed by atoms with E-state index in [1.165, 1.54) is 0 Å². The third kappa shape index (κ3) is 5.87. The van der Waals surface area contributed by atoms with Crippen molar-refractivity contribution in [3.8, 4) is 11.8 Å². The van der Waals surface area contributed by atoms with Crippen LogP contribution in [0.5, 0.6) is 0 Å². The summed E-state index contributed by atoms with van der Waals surface area (Å²) in [6.07, 6.45) is 0.931. The van der Waals surface area contributed by atoms with Gasteiger partial charge in [-0.1, -0.05) is 5.92 Å². The second kappa shape index (κ2) is 6.85. The highest BCUT2D eigenvalue weighted by Gasteiger charge is 1.91. The predicted octanol–water partition coefficient (Wildman–Crippen LogP) is 2.30. The van der Waals surface area contributed by atoms with Crippen molar-refractivity contribution in [3.63, 3.8) is 0 Å². The maximum Gasteiger partial charge on any atom is 0.156 e. The first kappa shape index (κ1) is 9.74. The Balaban J connectivity index is 3.29. The second-order valence-corrected chi connectivity index (χ2v) is 2.22. The fraction of sp³-hybridized carbons (Fsp3) is 0.714. The average Bonchev–Trinajstić information content (AvgIpc) is 1.98. The van der Waals surface area contributed by atoms with Gasteiger partial charge in [0.15, 0.2) is 6.10 Å². The summed E-state index contributed by atoms with van der Waals surface area (Å²) in [5.74, 6) is 5.90. The topological polar surface area (TPSA) is 9.23 Å². The molecular formula is C7H10ClFO. The number of hydrogen-bond acceptors (Lipinski definition) is 1. The molecule has 1 nitrogen and oxygen atoms in total. The summed E-state index contributed by atoms with van der Waals surface area (Å²) in [6, 6.07) is 0. The van der Waals surface area contributed by atoms with Gasteiger partial charge in [0.2, 0.25) is 0 Å². The van der Waals surface area contributed by atoms with Crippen molar-refractivity contribution >= 4 is 11.6 Å². The molecule has 0 bridgehead atoms. The molecular weight excluding hydrogens is 155 g/mol. The number of rotatable bonds is 3. The molecule has 0 saturated heterocycles. The molecule has 0 aliphatic carbocycles. The molecule has 0 rings (SSSR count). The van der Waals surface area contributed by atoms with Crippen molar-refractivity contribution in [2.24, 2.45) is 0 Å². The van der Waals surface area contributed by atoms with Gasteiger partial charge in [-0.05, 0) is 17.9 Å². The molecule has 1 unspecified atom stereocenters. The molecule has 58 valence electrons. The summed E-state index contributed by atoms with van der Waals surface area (Å²) in [5, 5.41) is 0. The zero-order valence-electron chi connectivity index (χ0n) is 5.86. The molecule has 1 atom stereocenters. The minimum atomic E-state index is -0.615. The summed E-state index contributed by atoms with van der Waals surface area (Å²) >= 11 is 5.38. The normalized spacial score (nSPS) is 11.9. The summed E-state index contributed by atoms with van der Waals surface area (Å²) in [4.78, 5) is 3.42. The van der Waals surface area contributed by atoms with Crippen LogP contribution < -0.4 is 0 Å². The minimum Gasteiger partial charge on any atom is -0.178 e. The molecule has 0 saturated carbocycles. The number of hydrogen-bond donors (Lipinski definition) is 0. The lowest BCUT2D eigenvalue weighted by Crippen LogP contribution is -1.96. The van der Waals surface area contributed by atoms with Crippen LogP contribution >= 0.6 is 11.6 Å².